The second kappa shape index (κ2) is 5.38. The van der Waals surface area contributed by atoms with Gasteiger partial charge < -0.3 is 11.1 Å². The van der Waals surface area contributed by atoms with E-state index in [0.29, 0.717) is 12.0 Å². The Balaban J connectivity index is 1.99. The molecule has 2 atom stereocenters. The molecular weight excluding hydrogens is 212 g/mol. The van der Waals surface area contributed by atoms with Gasteiger partial charge in [-0.1, -0.05) is 32.6 Å². The lowest BCUT2D eigenvalue weighted by Gasteiger charge is -2.34. The van der Waals surface area contributed by atoms with Crippen LogP contribution in [-0.4, -0.2) is 17.5 Å². The maximum Gasteiger partial charge on any atom is 0.237 e. The minimum atomic E-state index is -0.386. The van der Waals surface area contributed by atoms with Crippen molar-refractivity contribution in [3.8, 4) is 0 Å². The van der Waals surface area contributed by atoms with Gasteiger partial charge in [-0.05, 0) is 38.0 Å². The van der Waals surface area contributed by atoms with Gasteiger partial charge in [0.2, 0.25) is 5.91 Å². The molecule has 2 unspecified atom stereocenters. The van der Waals surface area contributed by atoms with E-state index in [1.165, 1.54) is 38.5 Å². The lowest BCUT2D eigenvalue weighted by Crippen LogP contribution is -2.57. The van der Waals surface area contributed by atoms with Crippen molar-refractivity contribution in [2.24, 2.45) is 11.7 Å². The molecule has 98 valence electrons. The van der Waals surface area contributed by atoms with Crippen molar-refractivity contribution in [3.05, 3.63) is 0 Å². The van der Waals surface area contributed by atoms with Crippen LogP contribution >= 0.6 is 0 Å². The average molecular weight is 238 g/mol. The average Bonchev–Trinajstić information content (AvgIpc) is 2.75. The number of carbonyl (C=O) groups excluding carboxylic acids is 1. The van der Waals surface area contributed by atoms with Crippen LogP contribution in [0.5, 0.6) is 0 Å². The van der Waals surface area contributed by atoms with Crippen LogP contribution in [0.25, 0.3) is 0 Å². The minimum absolute atomic E-state index is 0.126. The molecule has 3 nitrogen and oxygen atoms in total. The standard InChI is InChI=1S/C14H26N2O/c1-2-11-8-9-14(10-11,13(15)17)16-12-6-4-3-5-7-12/h11-12,16H,2-10H2,1H3,(H2,15,17). The summed E-state index contributed by atoms with van der Waals surface area (Å²) in [6, 6.07) is 0.520. The number of hydrogen-bond acceptors (Lipinski definition) is 2. The predicted molar refractivity (Wildman–Crippen MR) is 69.6 cm³/mol. The third-order valence-electron chi connectivity index (χ3n) is 4.75. The van der Waals surface area contributed by atoms with Gasteiger partial charge in [0.15, 0.2) is 0 Å². The number of nitrogens with two attached hydrogens (primary N) is 1. The highest BCUT2D eigenvalue weighted by molar-refractivity contribution is 5.85. The number of amides is 1. The SMILES string of the molecule is CCC1CCC(NC2CCCCC2)(C(N)=O)C1. The zero-order chi connectivity index (χ0) is 12.3. The van der Waals surface area contributed by atoms with Gasteiger partial charge in [0.05, 0.1) is 5.54 Å². The van der Waals surface area contributed by atoms with Gasteiger partial charge in [-0.15, -0.1) is 0 Å². The van der Waals surface area contributed by atoms with Crippen LogP contribution in [0.2, 0.25) is 0 Å². The van der Waals surface area contributed by atoms with E-state index in [1.54, 1.807) is 0 Å². The van der Waals surface area contributed by atoms with Crippen molar-refractivity contribution in [1.82, 2.24) is 5.32 Å². The first kappa shape index (κ1) is 12.9. The summed E-state index contributed by atoms with van der Waals surface area (Å²) < 4.78 is 0. The Labute approximate surface area is 105 Å². The van der Waals surface area contributed by atoms with Gasteiger partial charge >= 0.3 is 0 Å². The van der Waals surface area contributed by atoms with E-state index in [2.05, 4.69) is 12.2 Å². The Morgan fingerprint density at radius 3 is 2.53 bits per heavy atom. The maximum absolute atomic E-state index is 11.8. The molecule has 0 radical (unpaired) electrons. The van der Waals surface area contributed by atoms with E-state index in [0.717, 1.165) is 19.3 Å². The molecule has 2 saturated carbocycles. The monoisotopic (exact) mass is 238 g/mol. The Hall–Kier alpha value is -0.570. The topological polar surface area (TPSA) is 55.1 Å². The van der Waals surface area contributed by atoms with E-state index < -0.39 is 0 Å². The zero-order valence-electron chi connectivity index (χ0n) is 11.0. The van der Waals surface area contributed by atoms with Gasteiger partial charge in [0.1, 0.15) is 0 Å². The molecule has 0 heterocycles. The molecule has 2 rings (SSSR count). The summed E-state index contributed by atoms with van der Waals surface area (Å²) in [5.74, 6) is 0.553. The highest BCUT2D eigenvalue weighted by Gasteiger charge is 2.44. The van der Waals surface area contributed by atoms with Crippen molar-refractivity contribution in [3.63, 3.8) is 0 Å². The van der Waals surface area contributed by atoms with E-state index in [-0.39, 0.29) is 11.4 Å². The van der Waals surface area contributed by atoms with Crippen LogP contribution in [0.4, 0.5) is 0 Å². The molecule has 3 N–H and O–H groups in total. The smallest absolute Gasteiger partial charge is 0.237 e. The van der Waals surface area contributed by atoms with Gasteiger partial charge in [-0.25, -0.2) is 0 Å². The Morgan fingerprint density at radius 2 is 2.00 bits per heavy atom. The van der Waals surface area contributed by atoms with Crippen molar-refractivity contribution in [2.45, 2.75) is 76.3 Å². The van der Waals surface area contributed by atoms with Gasteiger partial charge in [0.25, 0.3) is 0 Å². The molecule has 3 heteroatoms. The normalized spacial score (nSPS) is 35.0. The molecule has 0 saturated heterocycles. The van der Waals surface area contributed by atoms with Crippen LogP contribution in [0, 0.1) is 5.92 Å². The van der Waals surface area contributed by atoms with Crippen molar-refractivity contribution < 1.29 is 4.79 Å². The van der Waals surface area contributed by atoms with Crippen LogP contribution < -0.4 is 11.1 Å². The summed E-state index contributed by atoms with van der Waals surface area (Å²) in [5, 5.41) is 3.62. The zero-order valence-corrected chi connectivity index (χ0v) is 11.0. The molecule has 0 aliphatic heterocycles. The summed E-state index contributed by atoms with van der Waals surface area (Å²) in [6.07, 6.45) is 10.6. The Bertz CT molecular complexity index is 273. The molecule has 0 bridgehead atoms. The van der Waals surface area contributed by atoms with Crippen LogP contribution in [-0.2, 0) is 4.79 Å². The fraction of sp³-hybridized carbons (Fsp3) is 0.929. The number of nitrogens with one attached hydrogen (secondary N) is 1. The molecule has 2 aliphatic rings. The first-order chi connectivity index (χ1) is 8.16. The molecule has 0 aromatic rings. The summed E-state index contributed by atoms with van der Waals surface area (Å²) in [7, 11) is 0. The van der Waals surface area contributed by atoms with Crippen LogP contribution in [0.3, 0.4) is 0 Å². The third-order valence-corrected chi connectivity index (χ3v) is 4.75. The van der Waals surface area contributed by atoms with E-state index in [9.17, 15) is 4.79 Å². The van der Waals surface area contributed by atoms with E-state index >= 15 is 0 Å². The van der Waals surface area contributed by atoms with Crippen LogP contribution in [0.1, 0.15) is 64.7 Å². The summed E-state index contributed by atoms with van der Waals surface area (Å²) in [4.78, 5) is 11.8. The summed E-state index contributed by atoms with van der Waals surface area (Å²) in [5.41, 5.74) is 5.28. The molecule has 0 spiro atoms. The first-order valence-corrected chi connectivity index (χ1v) is 7.24. The van der Waals surface area contributed by atoms with Crippen molar-refractivity contribution >= 4 is 5.91 Å². The molecule has 2 fully saturated rings. The fourth-order valence-corrected chi connectivity index (χ4v) is 3.56. The van der Waals surface area contributed by atoms with E-state index in [4.69, 9.17) is 5.73 Å². The molecule has 1 amide bonds. The van der Waals surface area contributed by atoms with E-state index in [1.807, 2.05) is 0 Å². The van der Waals surface area contributed by atoms with Gasteiger partial charge in [-0.2, -0.15) is 0 Å². The van der Waals surface area contributed by atoms with Crippen molar-refractivity contribution in [2.75, 3.05) is 0 Å². The van der Waals surface area contributed by atoms with Gasteiger partial charge in [-0.3, -0.25) is 4.79 Å². The first-order valence-electron chi connectivity index (χ1n) is 7.24. The molecule has 0 aromatic carbocycles. The molecular formula is C14H26N2O. The molecule has 2 aliphatic carbocycles. The fourth-order valence-electron chi connectivity index (χ4n) is 3.56. The number of rotatable bonds is 4. The Morgan fingerprint density at radius 1 is 1.29 bits per heavy atom. The highest BCUT2D eigenvalue weighted by atomic mass is 16.1. The van der Waals surface area contributed by atoms with Crippen molar-refractivity contribution in [1.29, 1.82) is 0 Å². The lowest BCUT2D eigenvalue weighted by molar-refractivity contribution is -0.124. The summed E-state index contributed by atoms with van der Waals surface area (Å²) >= 11 is 0. The largest absolute Gasteiger partial charge is 0.368 e. The second-order valence-corrected chi connectivity index (χ2v) is 5.94. The van der Waals surface area contributed by atoms with Gasteiger partial charge in [0, 0.05) is 6.04 Å². The quantitative estimate of drug-likeness (QED) is 0.790. The number of primary amides is 1. The van der Waals surface area contributed by atoms with Crippen LogP contribution in [0.15, 0.2) is 0 Å². The Kier molecular flexibility index (Phi) is 4.08. The predicted octanol–water partition coefficient (Wildman–Crippen LogP) is 2.34. The lowest BCUT2D eigenvalue weighted by atomic mass is 9.89. The number of hydrogen-bond donors (Lipinski definition) is 2. The second-order valence-electron chi connectivity index (χ2n) is 5.94. The molecule has 0 aromatic heterocycles. The highest BCUT2D eigenvalue weighted by Crippen LogP contribution is 2.37. The number of carbonyl (C=O) groups is 1. The maximum atomic E-state index is 11.8. The summed E-state index contributed by atoms with van der Waals surface area (Å²) in [6.45, 7) is 2.21. The molecule has 17 heavy (non-hydrogen) atoms. The minimum Gasteiger partial charge on any atom is -0.368 e. The third kappa shape index (κ3) is 2.82.